The Bertz CT molecular complexity index is 673. The second-order valence-corrected chi connectivity index (χ2v) is 5.71. The molecular formula is C19H21NO. The summed E-state index contributed by atoms with van der Waals surface area (Å²) in [6, 6.07) is 12.8. The number of hydrogen-bond acceptors (Lipinski definition) is 2. The van der Waals surface area contributed by atoms with Gasteiger partial charge in [-0.1, -0.05) is 35.4 Å². The third kappa shape index (κ3) is 3.33. The van der Waals surface area contributed by atoms with Gasteiger partial charge in [0.05, 0.1) is 12.3 Å². The van der Waals surface area contributed by atoms with Gasteiger partial charge < -0.3 is 4.74 Å². The molecule has 0 N–H and O–H groups in total. The van der Waals surface area contributed by atoms with Crippen molar-refractivity contribution >= 4 is 11.9 Å². The molecular weight excluding hydrogens is 258 g/mol. The van der Waals surface area contributed by atoms with Crippen LogP contribution in [0.5, 0.6) is 5.75 Å². The van der Waals surface area contributed by atoms with E-state index in [0.717, 1.165) is 30.9 Å². The first-order valence-electron chi connectivity index (χ1n) is 7.57. The first-order chi connectivity index (χ1) is 10.2. The zero-order valence-electron chi connectivity index (χ0n) is 12.7. The normalized spacial score (nSPS) is 14.6. The van der Waals surface area contributed by atoms with Crippen LogP contribution in [0.1, 0.15) is 28.7 Å². The third-order valence-electron chi connectivity index (χ3n) is 3.84. The van der Waals surface area contributed by atoms with Crippen molar-refractivity contribution in [3.8, 4) is 5.75 Å². The standard InChI is InChI=1S/C10H12O.C9H9N/c1-8-4-5-10-9(7-8)3-2-6-11-10;1-7-2-3-9-8(6-7)4-5-10-9/h4-5,7H,2-3,6H2,1H3;2-3,5-6H,4H2,1H3. The Kier molecular flexibility index (Phi) is 4.05. The average Bonchev–Trinajstić information content (AvgIpc) is 2.95. The van der Waals surface area contributed by atoms with Gasteiger partial charge in [0.1, 0.15) is 5.75 Å². The molecule has 2 heteroatoms. The van der Waals surface area contributed by atoms with E-state index < -0.39 is 0 Å². The van der Waals surface area contributed by atoms with Crippen LogP contribution in [0, 0.1) is 13.8 Å². The van der Waals surface area contributed by atoms with Gasteiger partial charge in [0, 0.05) is 12.6 Å². The van der Waals surface area contributed by atoms with Crippen molar-refractivity contribution in [1.29, 1.82) is 0 Å². The minimum atomic E-state index is 0.885. The number of hydrogen-bond donors (Lipinski definition) is 0. The largest absolute Gasteiger partial charge is 0.493 e. The molecule has 4 rings (SSSR count). The minimum Gasteiger partial charge on any atom is -0.493 e. The van der Waals surface area contributed by atoms with Crippen molar-refractivity contribution in [3.63, 3.8) is 0 Å². The molecule has 0 unspecified atom stereocenters. The van der Waals surface area contributed by atoms with Gasteiger partial charge in [-0.3, -0.25) is 4.99 Å². The van der Waals surface area contributed by atoms with E-state index in [1.165, 1.54) is 28.7 Å². The van der Waals surface area contributed by atoms with E-state index in [4.69, 9.17) is 4.74 Å². The van der Waals surface area contributed by atoms with Gasteiger partial charge in [-0.05, 0) is 49.9 Å². The molecule has 2 aromatic rings. The highest BCUT2D eigenvalue weighted by molar-refractivity contribution is 5.75. The SMILES string of the molecule is Cc1ccc2c(c1)CC=N2.Cc1ccc2c(c1)CCCO2. The summed E-state index contributed by atoms with van der Waals surface area (Å²) < 4.78 is 5.48. The van der Waals surface area contributed by atoms with Crippen LogP contribution in [0.3, 0.4) is 0 Å². The van der Waals surface area contributed by atoms with E-state index in [9.17, 15) is 0 Å². The van der Waals surface area contributed by atoms with Crippen molar-refractivity contribution in [2.45, 2.75) is 33.1 Å². The molecule has 0 saturated heterocycles. The number of aliphatic imine (C=N–C) groups is 1. The molecule has 0 aromatic heterocycles. The van der Waals surface area contributed by atoms with Crippen molar-refractivity contribution < 1.29 is 4.74 Å². The molecule has 0 spiro atoms. The Labute approximate surface area is 126 Å². The Morgan fingerprint density at radius 3 is 2.57 bits per heavy atom. The number of benzene rings is 2. The maximum absolute atomic E-state index is 5.48. The highest BCUT2D eigenvalue weighted by atomic mass is 16.5. The van der Waals surface area contributed by atoms with Gasteiger partial charge in [-0.15, -0.1) is 0 Å². The molecule has 0 amide bonds. The lowest BCUT2D eigenvalue weighted by molar-refractivity contribution is 0.288. The van der Waals surface area contributed by atoms with Gasteiger partial charge in [0.25, 0.3) is 0 Å². The number of ether oxygens (including phenoxy) is 1. The lowest BCUT2D eigenvalue weighted by Gasteiger charge is -2.16. The fourth-order valence-corrected chi connectivity index (χ4v) is 2.74. The van der Waals surface area contributed by atoms with E-state index in [-0.39, 0.29) is 0 Å². The van der Waals surface area contributed by atoms with Gasteiger partial charge in [0.15, 0.2) is 0 Å². The molecule has 21 heavy (non-hydrogen) atoms. The van der Waals surface area contributed by atoms with Gasteiger partial charge >= 0.3 is 0 Å². The summed E-state index contributed by atoms with van der Waals surface area (Å²) in [7, 11) is 0. The maximum atomic E-state index is 5.48. The molecule has 108 valence electrons. The Balaban J connectivity index is 0.000000126. The number of fused-ring (bicyclic) bond motifs is 2. The van der Waals surface area contributed by atoms with Crippen LogP contribution in [-0.4, -0.2) is 12.8 Å². The molecule has 0 fully saturated rings. The van der Waals surface area contributed by atoms with Crippen LogP contribution >= 0.6 is 0 Å². The molecule has 2 nitrogen and oxygen atoms in total. The van der Waals surface area contributed by atoms with Gasteiger partial charge in [-0.2, -0.15) is 0 Å². The third-order valence-corrected chi connectivity index (χ3v) is 3.84. The average molecular weight is 279 g/mol. The molecule has 0 atom stereocenters. The van der Waals surface area contributed by atoms with E-state index in [2.05, 4.69) is 55.2 Å². The van der Waals surface area contributed by atoms with Crippen LogP contribution in [0.15, 0.2) is 41.4 Å². The molecule has 2 aliphatic heterocycles. The van der Waals surface area contributed by atoms with Crippen molar-refractivity contribution in [3.05, 3.63) is 58.7 Å². The fraction of sp³-hybridized carbons (Fsp3) is 0.316. The zero-order chi connectivity index (χ0) is 14.7. The summed E-state index contributed by atoms with van der Waals surface area (Å²) in [6.45, 7) is 5.11. The van der Waals surface area contributed by atoms with Crippen LogP contribution < -0.4 is 4.74 Å². The lowest BCUT2D eigenvalue weighted by Crippen LogP contribution is -2.07. The summed E-state index contributed by atoms with van der Waals surface area (Å²) in [5.41, 5.74) is 6.53. The predicted octanol–water partition coefficient (Wildman–Crippen LogP) is 4.57. The summed E-state index contributed by atoms with van der Waals surface area (Å²) in [5, 5.41) is 0. The minimum absolute atomic E-state index is 0.885. The molecule has 0 radical (unpaired) electrons. The number of rotatable bonds is 0. The highest BCUT2D eigenvalue weighted by Crippen LogP contribution is 2.25. The van der Waals surface area contributed by atoms with Crippen molar-refractivity contribution in [2.75, 3.05) is 6.61 Å². The quantitative estimate of drug-likeness (QED) is 0.692. The summed E-state index contributed by atoms with van der Waals surface area (Å²) in [5.74, 6) is 1.09. The Hall–Kier alpha value is -2.09. The highest BCUT2D eigenvalue weighted by Gasteiger charge is 2.08. The number of nitrogens with zero attached hydrogens (tertiary/aromatic N) is 1. The van der Waals surface area contributed by atoms with Crippen LogP contribution in [0.4, 0.5) is 5.69 Å². The molecule has 0 saturated carbocycles. The van der Waals surface area contributed by atoms with Crippen LogP contribution in [-0.2, 0) is 12.8 Å². The zero-order valence-corrected chi connectivity index (χ0v) is 12.7. The lowest BCUT2D eigenvalue weighted by atomic mass is 10.0. The topological polar surface area (TPSA) is 21.6 Å². The summed E-state index contributed by atoms with van der Waals surface area (Å²) >= 11 is 0. The number of aryl methyl sites for hydroxylation is 3. The smallest absolute Gasteiger partial charge is 0.122 e. The first-order valence-corrected chi connectivity index (χ1v) is 7.57. The molecule has 0 bridgehead atoms. The maximum Gasteiger partial charge on any atom is 0.122 e. The summed E-state index contributed by atoms with van der Waals surface area (Å²) in [4.78, 5) is 4.22. The summed E-state index contributed by atoms with van der Waals surface area (Å²) in [6.07, 6.45) is 5.31. The molecule has 2 aromatic carbocycles. The first kappa shape index (κ1) is 13.9. The molecule has 2 aliphatic rings. The van der Waals surface area contributed by atoms with Crippen LogP contribution in [0.2, 0.25) is 0 Å². The van der Waals surface area contributed by atoms with Crippen molar-refractivity contribution in [2.24, 2.45) is 4.99 Å². The second kappa shape index (κ2) is 6.13. The van der Waals surface area contributed by atoms with Gasteiger partial charge in [0.2, 0.25) is 0 Å². The van der Waals surface area contributed by atoms with E-state index >= 15 is 0 Å². The van der Waals surface area contributed by atoms with Crippen LogP contribution in [0.25, 0.3) is 0 Å². The monoisotopic (exact) mass is 279 g/mol. The molecule has 0 aliphatic carbocycles. The van der Waals surface area contributed by atoms with E-state index in [1.807, 2.05) is 6.21 Å². The molecule has 2 heterocycles. The van der Waals surface area contributed by atoms with E-state index in [1.54, 1.807) is 0 Å². The predicted molar refractivity (Wildman–Crippen MR) is 88.0 cm³/mol. The second-order valence-electron chi connectivity index (χ2n) is 5.71. The van der Waals surface area contributed by atoms with E-state index in [0.29, 0.717) is 0 Å². The Morgan fingerprint density at radius 2 is 1.71 bits per heavy atom. The fourth-order valence-electron chi connectivity index (χ4n) is 2.74. The van der Waals surface area contributed by atoms with Crippen molar-refractivity contribution in [1.82, 2.24) is 0 Å². The Morgan fingerprint density at radius 1 is 0.952 bits per heavy atom. The van der Waals surface area contributed by atoms with Gasteiger partial charge in [-0.25, -0.2) is 0 Å².